The molecule has 0 saturated heterocycles. The number of aliphatic hydroxyl groups excluding tert-OH is 1. The Kier molecular flexibility index (Phi) is 5.05. The number of nitro benzene ring substituents is 1. The minimum absolute atomic E-state index is 0.0780. The highest BCUT2D eigenvalue weighted by atomic mass is 16.6. The standard InChI is InChI=1S/C11H14BNO6/c1-7(14)11-9(13(17)18)5-8(3-4-12(15)16)6-10(11)19-2/h3-7,14-16H,1-2H3/b4-3+. The maximum absolute atomic E-state index is 11.0. The second-order valence-electron chi connectivity index (χ2n) is 3.86. The first-order valence-corrected chi connectivity index (χ1v) is 5.45. The van der Waals surface area contributed by atoms with Gasteiger partial charge in [0.2, 0.25) is 0 Å². The summed E-state index contributed by atoms with van der Waals surface area (Å²) in [6.45, 7) is 1.40. The van der Waals surface area contributed by atoms with Gasteiger partial charge < -0.3 is 19.9 Å². The van der Waals surface area contributed by atoms with E-state index in [0.717, 1.165) is 5.98 Å². The van der Waals surface area contributed by atoms with Crippen LogP contribution >= 0.6 is 0 Å². The van der Waals surface area contributed by atoms with E-state index < -0.39 is 18.1 Å². The molecule has 0 radical (unpaired) electrons. The average molecular weight is 267 g/mol. The number of benzene rings is 1. The lowest BCUT2D eigenvalue weighted by Crippen LogP contribution is -2.06. The van der Waals surface area contributed by atoms with Crippen molar-refractivity contribution in [3.05, 3.63) is 39.3 Å². The van der Waals surface area contributed by atoms with Crippen molar-refractivity contribution >= 4 is 18.9 Å². The van der Waals surface area contributed by atoms with E-state index in [-0.39, 0.29) is 17.0 Å². The largest absolute Gasteiger partial charge is 0.496 e. The van der Waals surface area contributed by atoms with Crippen LogP contribution in [0, 0.1) is 10.1 Å². The zero-order chi connectivity index (χ0) is 14.6. The molecule has 0 amide bonds. The molecule has 0 aliphatic heterocycles. The van der Waals surface area contributed by atoms with Gasteiger partial charge in [-0.05, 0) is 18.6 Å². The summed E-state index contributed by atoms with van der Waals surface area (Å²) in [6, 6.07) is 2.69. The minimum Gasteiger partial charge on any atom is -0.496 e. The summed E-state index contributed by atoms with van der Waals surface area (Å²) in [7, 11) is -0.319. The molecule has 19 heavy (non-hydrogen) atoms. The van der Waals surface area contributed by atoms with Crippen molar-refractivity contribution < 1.29 is 24.8 Å². The zero-order valence-electron chi connectivity index (χ0n) is 10.5. The third kappa shape index (κ3) is 3.78. The fourth-order valence-corrected chi connectivity index (χ4v) is 1.67. The second-order valence-corrected chi connectivity index (χ2v) is 3.86. The molecule has 0 aliphatic carbocycles. The van der Waals surface area contributed by atoms with Crippen LogP contribution in [0.1, 0.15) is 24.2 Å². The van der Waals surface area contributed by atoms with Gasteiger partial charge in [-0.25, -0.2) is 0 Å². The molecule has 102 valence electrons. The van der Waals surface area contributed by atoms with Crippen molar-refractivity contribution in [1.29, 1.82) is 0 Å². The van der Waals surface area contributed by atoms with Gasteiger partial charge >= 0.3 is 7.12 Å². The van der Waals surface area contributed by atoms with E-state index in [9.17, 15) is 15.2 Å². The Morgan fingerprint density at radius 1 is 1.47 bits per heavy atom. The van der Waals surface area contributed by atoms with Crippen LogP contribution in [0.15, 0.2) is 18.1 Å². The topological polar surface area (TPSA) is 113 Å². The maximum Gasteiger partial charge on any atom is 0.480 e. The lowest BCUT2D eigenvalue weighted by Gasteiger charge is -2.12. The SMILES string of the molecule is COc1cc(/C=C/B(O)O)cc([N+](=O)[O-])c1C(C)O. The highest BCUT2D eigenvalue weighted by molar-refractivity contribution is 6.48. The summed E-state index contributed by atoms with van der Waals surface area (Å²) in [5, 5.41) is 38.0. The van der Waals surface area contributed by atoms with Crippen LogP contribution in [0.25, 0.3) is 6.08 Å². The molecule has 0 fully saturated rings. The fraction of sp³-hybridized carbons (Fsp3) is 0.273. The van der Waals surface area contributed by atoms with E-state index in [0.29, 0.717) is 5.56 Å². The number of methoxy groups -OCH3 is 1. The molecule has 3 N–H and O–H groups in total. The van der Waals surface area contributed by atoms with Crippen LogP contribution in [0.3, 0.4) is 0 Å². The molecule has 1 aromatic carbocycles. The minimum atomic E-state index is -1.65. The summed E-state index contributed by atoms with van der Waals surface area (Å²) in [6.07, 6.45) is 0.253. The van der Waals surface area contributed by atoms with Crippen LogP contribution in [-0.4, -0.2) is 34.3 Å². The highest BCUT2D eigenvalue weighted by Gasteiger charge is 2.23. The van der Waals surface area contributed by atoms with Crippen LogP contribution < -0.4 is 4.74 Å². The van der Waals surface area contributed by atoms with Gasteiger partial charge in [0.15, 0.2) is 0 Å². The van der Waals surface area contributed by atoms with Crippen LogP contribution in [0.5, 0.6) is 5.75 Å². The quantitative estimate of drug-likeness (QED) is 0.410. The molecule has 0 aliphatic rings. The monoisotopic (exact) mass is 267 g/mol. The summed E-state index contributed by atoms with van der Waals surface area (Å²) < 4.78 is 5.02. The van der Waals surface area contributed by atoms with Crippen LogP contribution in [-0.2, 0) is 0 Å². The van der Waals surface area contributed by atoms with Crippen molar-refractivity contribution in [2.75, 3.05) is 7.11 Å². The number of ether oxygens (including phenoxy) is 1. The summed E-state index contributed by atoms with van der Waals surface area (Å²) in [5.74, 6) is 1.22. The zero-order valence-corrected chi connectivity index (χ0v) is 10.5. The predicted octanol–water partition coefficient (Wildman–Crippen LogP) is 0.682. The lowest BCUT2D eigenvalue weighted by atomic mass is 9.90. The molecule has 1 unspecified atom stereocenters. The molecule has 0 heterocycles. The molecule has 1 atom stereocenters. The first kappa shape index (κ1) is 15.2. The Morgan fingerprint density at radius 2 is 2.11 bits per heavy atom. The first-order valence-electron chi connectivity index (χ1n) is 5.45. The number of hydrogen-bond donors (Lipinski definition) is 3. The van der Waals surface area contributed by atoms with Gasteiger partial charge in [-0.3, -0.25) is 10.1 Å². The Bertz CT molecular complexity index is 500. The van der Waals surface area contributed by atoms with E-state index >= 15 is 0 Å². The number of hydrogen-bond acceptors (Lipinski definition) is 6. The average Bonchev–Trinajstić information content (AvgIpc) is 2.34. The molecular weight excluding hydrogens is 253 g/mol. The fourth-order valence-electron chi connectivity index (χ4n) is 1.67. The van der Waals surface area contributed by atoms with Gasteiger partial charge in [-0.15, -0.1) is 0 Å². The third-order valence-corrected chi connectivity index (χ3v) is 2.44. The van der Waals surface area contributed by atoms with E-state index in [1.807, 2.05) is 0 Å². The van der Waals surface area contributed by atoms with Gasteiger partial charge in [-0.1, -0.05) is 12.1 Å². The first-order chi connectivity index (χ1) is 8.86. The van der Waals surface area contributed by atoms with Gasteiger partial charge in [-0.2, -0.15) is 0 Å². The van der Waals surface area contributed by atoms with Crippen molar-refractivity contribution in [3.63, 3.8) is 0 Å². The molecule has 1 rings (SSSR count). The maximum atomic E-state index is 11.0. The van der Waals surface area contributed by atoms with Gasteiger partial charge in [0.25, 0.3) is 5.69 Å². The molecule has 1 aromatic rings. The number of nitrogens with zero attached hydrogens (tertiary/aromatic N) is 1. The molecule has 8 heteroatoms. The Hall–Kier alpha value is -1.90. The third-order valence-electron chi connectivity index (χ3n) is 2.44. The van der Waals surface area contributed by atoms with Crippen LogP contribution in [0.2, 0.25) is 0 Å². The van der Waals surface area contributed by atoms with Crippen molar-refractivity contribution in [2.45, 2.75) is 13.0 Å². The summed E-state index contributed by atoms with van der Waals surface area (Å²) >= 11 is 0. The number of rotatable bonds is 5. The van der Waals surface area contributed by atoms with Crippen molar-refractivity contribution in [3.8, 4) is 5.75 Å². The molecule has 0 saturated carbocycles. The van der Waals surface area contributed by atoms with E-state index in [1.54, 1.807) is 0 Å². The Balaban J connectivity index is 3.40. The van der Waals surface area contributed by atoms with Crippen molar-refractivity contribution in [1.82, 2.24) is 0 Å². The number of aliphatic hydroxyl groups is 1. The molecule has 0 bridgehead atoms. The van der Waals surface area contributed by atoms with E-state index in [1.165, 1.54) is 32.2 Å². The molecule has 0 spiro atoms. The molecule has 7 nitrogen and oxygen atoms in total. The smallest absolute Gasteiger partial charge is 0.480 e. The Morgan fingerprint density at radius 3 is 2.53 bits per heavy atom. The van der Waals surface area contributed by atoms with Crippen molar-refractivity contribution in [2.24, 2.45) is 0 Å². The Labute approximate surface area is 110 Å². The lowest BCUT2D eigenvalue weighted by molar-refractivity contribution is -0.386. The van der Waals surface area contributed by atoms with Gasteiger partial charge in [0, 0.05) is 6.07 Å². The van der Waals surface area contributed by atoms with Gasteiger partial charge in [0.05, 0.1) is 23.7 Å². The summed E-state index contributed by atoms with van der Waals surface area (Å²) in [5.41, 5.74) is 0.150. The van der Waals surface area contributed by atoms with Crippen LogP contribution in [0.4, 0.5) is 5.69 Å². The normalized spacial score (nSPS) is 12.5. The van der Waals surface area contributed by atoms with E-state index in [2.05, 4.69) is 0 Å². The molecule has 0 aromatic heterocycles. The summed E-state index contributed by atoms with van der Waals surface area (Å²) in [4.78, 5) is 10.4. The van der Waals surface area contributed by atoms with E-state index in [4.69, 9.17) is 14.8 Å². The number of nitro groups is 1. The second kappa shape index (κ2) is 6.32. The highest BCUT2D eigenvalue weighted by Crippen LogP contribution is 2.35. The van der Waals surface area contributed by atoms with Gasteiger partial charge in [0.1, 0.15) is 5.75 Å². The predicted molar refractivity (Wildman–Crippen MR) is 69.5 cm³/mol. The molecular formula is C11H14BNO6.